The highest BCUT2D eigenvalue weighted by Crippen LogP contribution is 2.31. The van der Waals surface area contributed by atoms with Gasteiger partial charge in [-0.2, -0.15) is 0 Å². The average molecular weight is 326 g/mol. The fraction of sp³-hybridized carbons (Fsp3) is 0.833. The summed E-state index contributed by atoms with van der Waals surface area (Å²) in [4.78, 5) is 0. The molecule has 1 atom stereocenters. The molecular formula is C12H23IS. The van der Waals surface area contributed by atoms with Gasteiger partial charge in [0.1, 0.15) is 0 Å². The molecule has 0 bridgehead atoms. The fourth-order valence-corrected chi connectivity index (χ4v) is 3.46. The predicted molar refractivity (Wildman–Crippen MR) is 78.4 cm³/mol. The summed E-state index contributed by atoms with van der Waals surface area (Å²) in [5, 5.41) is 0.707. The van der Waals surface area contributed by atoms with Gasteiger partial charge in [-0.3, -0.25) is 0 Å². The first-order chi connectivity index (χ1) is 6.49. The van der Waals surface area contributed by atoms with Gasteiger partial charge in [-0.05, 0) is 10.5 Å². The number of hydrogen-bond acceptors (Lipinski definition) is 1. The standard InChI is InChI=1S/C12H23IS/c1-5-6-7-8-11(9-10-13)14-12(2,3)4/h9-11H,5-8H2,1-4H3/b10-9+. The van der Waals surface area contributed by atoms with Gasteiger partial charge in [0.05, 0.1) is 0 Å². The van der Waals surface area contributed by atoms with Crippen LogP contribution < -0.4 is 0 Å². The van der Waals surface area contributed by atoms with Gasteiger partial charge < -0.3 is 0 Å². The van der Waals surface area contributed by atoms with Crippen molar-refractivity contribution in [2.24, 2.45) is 0 Å². The first-order valence-corrected chi connectivity index (χ1v) is 7.57. The van der Waals surface area contributed by atoms with Crippen molar-refractivity contribution in [2.75, 3.05) is 0 Å². The average Bonchev–Trinajstić information content (AvgIpc) is 2.02. The molecule has 0 spiro atoms. The lowest BCUT2D eigenvalue weighted by Gasteiger charge is -2.23. The summed E-state index contributed by atoms with van der Waals surface area (Å²) >= 11 is 4.41. The van der Waals surface area contributed by atoms with Gasteiger partial charge in [-0.1, -0.05) is 75.6 Å². The van der Waals surface area contributed by atoms with Crippen molar-refractivity contribution in [2.45, 2.75) is 63.4 Å². The van der Waals surface area contributed by atoms with Crippen LogP contribution in [-0.2, 0) is 0 Å². The molecule has 0 aromatic rings. The van der Waals surface area contributed by atoms with Crippen molar-refractivity contribution >= 4 is 34.4 Å². The van der Waals surface area contributed by atoms with Crippen LogP contribution in [0.5, 0.6) is 0 Å². The van der Waals surface area contributed by atoms with E-state index in [-0.39, 0.29) is 0 Å². The molecular weight excluding hydrogens is 303 g/mol. The molecule has 0 fully saturated rings. The van der Waals surface area contributed by atoms with E-state index in [4.69, 9.17) is 0 Å². The zero-order valence-corrected chi connectivity index (χ0v) is 12.8. The van der Waals surface area contributed by atoms with Crippen molar-refractivity contribution < 1.29 is 0 Å². The third-order valence-electron chi connectivity index (χ3n) is 1.88. The van der Waals surface area contributed by atoms with E-state index < -0.39 is 0 Å². The number of thioether (sulfide) groups is 1. The molecule has 0 aliphatic carbocycles. The number of hydrogen-bond donors (Lipinski definition) is 0. The molecule has 0 amide bonds. The first-order valence-electron chi connectivity index (χ1n) is 5.44. The van der Waals surface area contributed by atoms with Crippen molar-refractivity contribution in [3.05, 3.63) is 10.2 Å². The molecule has 1 unspecified atom stereocenters. The highest BCUT2D eigenvalue weighted by atomic mass is 127. The molecule has 0 radical (unpaired) electrons. The van der Waals surface area contributed by atoms with Gasteiger partial charge >= 0.3 is 0 Å². The summed E-state index contributed by atoms with van der Waals surface area (Å²) in [5.41, 5.74) is 0. The zero-order valence-electron chi connectivity index (χ0n) is 9.85. The Morgan fingerprint density at radius 3 is 2.36 bits per heavy atom. The molecule has 0 aromatic carbocycles. The molecule has 0 aromatic heterocycles. The van der Waals surface area contributed by atoms with Crippen LogP contribution in [0.4, 0.5) is 0 Å². The number of unbranched alkanes of at least 4 members (excludes halogenated alkanes) is 2. The zero-order chi connectivity index (χ0) is 11.0. The topological polar surface area (TPSA) is 0 Å². The smallest absolute Gasteiger partial charge is 0.0239 e. The maximum Gasteiger partial charge on any atom is 0.0239 e. The lowest BCUT2D eigenvalue weighted by atomic mass is 10.1. The summed E-state index contributed by atoms with van der Waals surface area (Å²) in [6.45, 7) is 9.16. The van der Waals surface area contributed by atoms with E-state index in [2.05, 4.69) is 72.2 Å². The van der Waals surface area contributed by atoms with Crippen molar-refractivity contribution in [3.63, 3.8) is 0 Å². The highest BCUT2D eigenvalue weighted by molar-refractivity contribution is 14.1. The maximum atomic E-state index is 2.34. The quantitative estimate of drug-likeness (QED) is 0.464. The van der Waals surface area contributed by atoms with E-state index in [1.165, 1.54) is 25.7 Å². The Morgan fingerprint density at radius 1 is 1.29 bits per heavy atom. The summed E-state index contributed by atoms with van der Waals surface area (Å²) in [6.07, 6.45) is 7.73. The van der Waals surface area contributed by atoms with Gasteiger partial charge in [0.25, 0.3) is 0 Å². The summed E-state index contributed by atoms with van der Waals surface area (Å²) in [5.74, 6) is 0. The predicted octanol–water partition coefficient (Wildman–Crippen LogP) is 5.42. The Balaban J connectivity index is 3.90. The molecule has 0 saturated heterocycles. The maximum absolute atomic E-state index is 2.34. The molecule has 0 N–H and O–H groups in total. The summed E-state index contributed by atoms with van der Waals surface area (Å²) in [7, 11) is 0. The third-order valence-corrected chi connectivity index (χ3v) is 3.70. The van der Waals surface area contributed by atoms with E-state index in [9.17, 15) is 0 Å². The second kappa shape index (κ2) is 8.03. The molecule has 2 heteroatoms. The van der Waals surface area contributed by atoms with Gasteiger partial charge in [-0.25, -0.2) is 0 Å². The van der Waals surface area contributed by atoms with E-state index in [0.29, 0.717) is 10.00 Å². The SMILES string of the molecule is CCCCCC(/C=C/I)SC(C)(C)C. The Labute approximate surface area is 107 Å². The van der Waals surface area contributed by atoms with Crippen molar-refractivity contribution in [1.82, 2.24) is 0 Å². The summed E-state index contributed by atoms with van der Waals surface area (Å²) < 4.78 is 2.54. The van der Waals surface area contributed by atoms with Crippen LogP contribution in [0.25, 0.3) is 0 Å². The lowest BCUT2D eigenvalue weighted by molar-refractivity contribution is 0.675. The molecule has 84 valence electrons. The normalized spacial score (nSPS) is 14.9. The minimum atomic E-state index is 0.382. The first kappa shape index (κ1) is 14.8. The van der Waals surface area contributed by atoms with Crippen LogP contribution in [-0.4, -0.2) is 10.00 Å². The van der Waals surface area contributed by atoms with Gasteiger partial charge in [0, 0.05) is 10.00 Å². The van der Waals surface area contributed by atoms with Gasteiger partial charge in [0.2, 0.25) is 0 Å². The minimum Gasteiger partial charge on any atom is -0.148 e. The summed E-state index contributed by atoms with van der Waals surface area (Å²) in [6, 6.07) is 0. The highest BCUT2D eigenvalue weighted by Gasteiger charge is 2.16. The van der Waals surface area contributed by atoms with Crippen molar-refractivity contribution in [1.29, 1.82) is 0 Å². The molecule has 14 heavy (non-hydrogen) atoms. The van der Waals surface area contributed by atoms with Crippen LogP contribution in [0.2, 0.25) is 0 Å². The Bertz CT molecular complexity index is 158. The molecule has 0 heterocycles. The minimum absolute atomic E-state index is 0.382. The van der Waals surface area contributed by atoms with E-state index in [1.807, 2.05) is 0 Å². The Kier molecular flexibility index (Phi) is 8.50. The van der Waals surface area contributed by atoms with E-state index in [0.717, 1.165) is 0 Å². The Morgan fingerprint density at radius 2 is 1.93 bits per heavy atom. The van der Waals surface area contributed by atoms with E-state index in [1.54, 1.807) is 0 Å². The third kappa shape index (κ3) is 9.38. The Hall–Kier alpha value is 0.820. The van der Waals surface area contributed by atoms with Crippen LogP contribution in [0, 0.1) is 0 Å². The molecule has 0 rings (SSSR count). The number of rotatable bonds is 6. The second-order valence-corrected chi connectivity index (χ2v) is 7.37. The second-order valence-electron chi connectivity index (χ2n) is 4.58. The lowest BCUT2D eigenvalue weighted by Crippen LogP contribution is -2.14. The van der Waals surface area contributed by atoms with Crippen LogP contribution in [0.3, 0.4) is 0 Å². The van der Waals surface area contributed by atoms with Gasteiger partial charge in [-0.15, -0.1) is 11.8 Å². The van der Waals surface area contributed by atoms with Crippen LogP contribution in [0.1, 0.15) is 53.4 Å². The largest absolute Gasteiger partial charge is 0.148 e. The molecule has 0 nitrogen and oxygen atoms in total. The molecule has 0 aliphatic heterocycles. The van der Waals surface area contributed by atoms with Crippen LogP contribution in [0.15, 0.2) is 10.2 Å². The van der Waals surface area contributed by atoms with Crippen molar-refractivity contribution in [3.8, 4) is 0 Å². The fourth-order valence-electron chi connectivity index (χ4n) is 1.33. The monoisotopic (exact) mass is 326 g/mol. The number of halogens is 1. The van der Waals surface area contributed by atoms with E-state index >= 15 is 0 Å². The van der Waals surface area contributed by atoms with Gasteiger partial charge in [0.15, 0.2) is 0 Å². The molecule has 0 saturated carbocycles. The van der Waals surface area contributed by atoms with Crippen LogP contribution >= 0.6 is 34.4 Å². The molecule has 0 aliphatic rings.